The van der Waals surface area contributed by atoms with Gasteiger partial charge < -0.3 is 5.11 Å². The topological polar surface area (TPSA) is 50.2 Å². The van der Waals surface area contributed by atoms with E-state index < -0.39 is 0 Å². The predicted octanol–water partition coefficient (Wildman–Crippen LogP) is 2.19. The van der Waals surface area contributed by atoms with Gasteiger partial charge in [0.15, 0.2) is 5.78 Å². The summed E-state index contributed by atoms with van der Waals surface area (Å²) in [5.41, 5.74) is 0.694. The highest BCUT2D eigenvalue weighted by molar-refractivity contribution is 6.07. The Morgan fingerprint density at radius 2 is 2.19 bits per heavy atom. The molecule has 1 heterocycles. The maximum Gasteiger partial charge on any atom is 0.163 e. The average molecular weight is 215 g/mol. The molecule has 0 fully saturated rings. The summed E-state index contributed by atoms with van der Waals surface area (Å²) in [5, 5.41) is 10.6. The monoisotopic (exact) mass is 215 g/mol. The fourth-order valence-corrected chi connectivity index (χ4v) is 1.73. The molecule has 0 saturated heterocycles. The van der Waals surface area contributed by atoms with Crippen LogP contribution in [0.25, 0.3) is 10.8 Å². The van der Waals surface area contributed by atoms with Gasteiger partial charge in [-0.15, -0.1) is 0 Å². The first kappa shape index (κ1) is 10.8. The van der Waals surface area contributed by atoms with E-state index in [0.717, 1.165) is 10.8 Å². The molecule has 1 N–H and O–H groups in total. The molecule has 16 heavy (non-hydrogen) atoms. The van der Waals surface area contributed by atoms with Gasteiger partial charge in [0.25, 0.3) is 0 Å². The number of Topliss-reactive ketones (excluding diaryl/α,β-unsaturated/α-hetero) is 1. The van der Waals surface area contributed by atoms with Gasteiger partial charge >= 0.3 is 0 Å². The number of rotatable bonds is 4. The molecule has 0 aliphatic carbocycles. The van der Waals surface area contributed by atoms with E-state index in [1.165, 1.54) is 0 Å². The number of carbonyl (C=O) groups is 1. The van der Waals surface area contributed by atoms with Crippen molar-refractivity contribution in [2.24, 2.45) is 0 Å². The SMILES string of the molecule is O=C(CCCO)c1cccc2ccncc12. The van der Waals surface area contributed by atoms with E-state index in [4.69, 9.17) is 5.11 Å². The van der Waals surface area contributed by atoms with Gasteiger partial charge in [-0.05, 0) is 17.9 Å². The summed E-state index contributed by atoms with van der Waals surface area (Å²) in [7, 11) is 0. The number of ketones is 1. The summed E-state index contributed by atoms with van der Waals surface area (Å²) in [6.07, 6.45) is 4.31. The third kappa shape index (κ3) is 2.09. The molecule has 3 heteroatoms. The Morgan fingerprint density at radius 1 is 1.31 bits per heavy atom. The number of aliphatic hydroxyl groups is 1. The van der Waals surface area contributed by atoms with Crippen molar-refractivity contribution < 1.29 is 9.90 Å². The molecule has 1 aromatic carbocycles. The number of benzene rings is 1. The Morgan fingerprint density at radius 3 is 3.00 bits per heavy atom. The van der Waals surface area contributed by atoms with Crippen molar-refractivity contribution in [3.63, 3.8) is 0 Å². The molecule has 0 aliphatic heterocycles. The normalized spacial score (nSPS) is 10.6. The minimum Gasteiger partial charge on any atom is -0.396 e. The molecule has 3 nitrogen and oxygen atoms in total. The van der Waals surface area contributed by atoms with Crippen LogP contribution in [-0.2, 0) is 0 Å². The number of hydrogen-bond acceptors (Lipinski definition) is 3. The number of aromatic nitrogens is 1. The lowest BCUT2D eigenvalue weighted by Gasteiger charge is -2.04. The molecule has 0 radical (unpaired) electrons. The number of pyridine rings is 1. The van der Waals surface area contributed by atoms with Gasteiger partial charge in [-0.1, -0.05) is 18.2 Å². The Hall–Kier alpha value is -1.74. The Balaban J connectivity index is 2.40. The highest BCUT2D eigenvalue weighted by atomic mass is 16.3. The minimum absolute atomic E-state index is 0.0504. The molecule has 0 spiro atoms. The van der Waals surface area contributed by atoms with Crippen LogP contribution in [0.15, 0.2) is 36.7 Å². The van der Waals surface area contributed by atoms with Crippen molar-refractivity contribution in [3.05, 3.63) is 42.2 Å². The van der Waals surface area contributed by atoms with Crippen LogP contribution in [0.3, 0.4) is 0 Å². The Bertz CT molecular complexity index is 503. The van der Waals surface area contributed by atoms with E-state index in [2.05, 4.69) is 4.98 Å². The number of nitrogens with zero attached hydrogens (tertiary/aromatic N) is 1. The van der Waals surface area contributed by atoms with Crippen LogP contribution >= 0.6 is 0 Å². The second-order valence-electron chi connectivity index (χ2n) is 3.65. The van der Waals surface area contributed by atoms with Crippen LogP contribution in [-0.4, -0.2) is 22.5 Å². The van der Waals surface area contributed by atoms with E-state index >= 15 is 0 Å². The lowest BCUT2D eigenvalue weighted by molar-refractivity contribution is 0.0973. The number of fused-ring (bicyclic) bond motifs is 1. The van der Waals surface area contributed by atoms with Crippen LogP contribution in [0, 0.1) is 0 Å². The van der Waals surface area contributed by atoms with Crippen molar-refractivity contribution in [1.82, 2.24) is 4.98 Å². The van der Waals surface area contributed by atoms with Crippen molar-refractivity contribution in [3.8, 4) is 0 Å². The summed E-state index contributed by atoms with van der Waals surface area (Å²) in [6, 6.07) is 7.52. The second-order valence-corrected chi connectivity index (χ2v) is 3.65. The third-order valence-corrected chi connectivity index (χ3v) is 2.55. The van der Waals surface area contributed by atoms with Gasteiger partial charge in [-0.3, -0.25) is 9.78 Å². The average Bonchev–Trinajstić information content (AvgIpc) is 2.35. The zero-order chi connectivity index (χ0) is 11.4. The lowest BCUT2D eigenvalue weighted by atomic mass is 10.0. The summed E-state index contributed by atoms with van der Waals surface area (Å²) in [4.78, 5) is 15.9. The molecule has 0 unspecified atom stereocenters. The fraction of sp³-hybridized carbons (Fsp3) is 0.231. The largest absolute Gasteiger partial charge is 0.396 e. The van der Waals surface area contributed by atoms with E-state index in [1.54, 1.807) is 12.4 Å². The number of hydrogen-bond donors (Lipinski definition) is 1. The maximum absolute atomic E-state index is 11.9. The predicted molar refractivity (Wildman–Crippen MR) is 62.4 cm³/mol. The van der Waals surface area contributed by atoms with Crippen molar-refractivity contribution >= 4 is 16.6 Å². The summed E-state index contributed by atoms with van der Waals surface area (Å²) in [6.45, 7) is 0.0504. The van der Waals surface area contributed by atoms with Gasteiger partial charge in [0.05, 0.1) is 0 Å². The lowest BCUT2D eigenvalue weighted by Crippen LogP contribution is -2.01. The quantitative estimate of drug-likeness (QED) is 0.795. The molecule has 0 aliphatic rings. The molecule has 0 amide bonds. The molecular weight excluding hydrogens is 202 g/mol. The van der Waals surface area contributed by atoms with Gasteiger partial charge in [0.1, 0.15) is 0 Å². The van der Waals surface area contributed by atoms with Gasteiger partial charge in [-0.2, -0.15) is 0 Å². The first-order chi connectivity index (χ1) is 7.83. The van der Waals surface area contributed by atoms with E-state index in [0.29, 0.717) is 18.4 Å². The molecule has 0 bridgehead atoms. The van der Waals surface area contributed by atoms with Gasteiger partial charge in [-0.25, -0.2) is 0 Å². The first-order valence-electron chi connectivity index (χ1n) is 5.30. The maximum atomic E-state index is 11.9. The standard InChI is InChI=1S/C13H13NO2/c15-8-2-5-13(16)11-4-1-3-10-6-7-14-9-12(10)11/h1,3-4,6-7,9,15H,2,5,8H2. The zero-order valence-corrected chi connectivity index (χ0v) is 8.89. The van der Waals surface area contributed by atoms with Crippen molar-refractivity contribution in [2.45, 2.75) is 12.8 Å². The van der Waals surface area contributed by atoms with Crippen LogP contribution in [0.2, 0.25) is 0 Å². The van der Waals surface area contributed by atoms with E-state index in [1.807, 2.05) is 24.3 Å². The van der Waals surface area contributed by atoms with Crippen LogP contribution in [0.4, 0.5) is 0 Å². The second kappa shape index (κ2) is 4.86. The van der Waals surface area contributed by atoms with Crippen molar-refractivity contribution in [2.75, 3.05) is 6.61 Å². The summed E-state index contributed by atoms with van der Waals surface area (Å²) >= 11 is 0. The summed E-state index contributed by atoms with van der Waals surface area (Å²) < 4.78 is 0. The smallest absolute Gasteiger partial charge is 0.163 e. The van der Waals surface area contributed by atoms with Crippen LogP contribution in [0.5, 0.6) is 0 Å². The molecule has 0 atom stereocenters. The number of aliphatic hydroxyl groups excluding tert-OH is 1. The third-order valence-electron chi connectivity index (χ3n) is 2.55. The number of carbonyl (C=O) groups excluding carboxylic acids is 1. The van der Waals surface area contributed by atoms with Gasteiger partial charge in [0, 0.05) is 36.4 Å². The van der Waals surface area contributed by atoms with Crippen LogP contribution in [0.1, 0.15) is 23.2 Å². The molecule has 2 aromatic rings. The van der Waals surface area contributed by atoms with E-state index in [-0.39, 0.29) is 12.4 Å². The summed E-state index contributed by atoms with van der Waals surface area (Å²) in [5.74, 6) is 0.0626. The molecule has 0 saturated carbocycles. The Kier molecular flexibility index (Phi) is 3.27. The first-order valence-corrected chi connectivity index (χ1v) is 5.30. The molecule has 1 aromatic heterocycles. The van der Waals surface area contributed by atoms with Crippen LogP contribution < -0.4 is 0 Å². The zero-order valence-electron chi connectivity index (χ0n) is 8.89. The molecular formula is C13H13NO2. The van der Waals surface area contributed by atoms with Crippen molar-refractivity contribution in [1.29, 1.82) is 0 Å². The molecule has 2 rings (SSSR count). The highest BCUT2D eigenvalue weighted by Gasteiger charge is 2.08. The fourth-order valence-electron chi connectivity index (χ4n) is 1.73. The van der Waals surface area contributed by atoms with Gasteiger partial charge in [0.2, 0.25) is 0 Å². The molecule has 82 valence electrons. The Labute approximate surface area is 93.7 Å². The minimum atomic E-state index is 0.0504. The highest BCUT2D eigenvalue weighted by Crippen LogP contribution is 2.19. The van der Waals surface area contributed by atoms with E-state index in [9.17, 15) is 4.79 Å².